The first-order valence-corrected chi connectivity index (χ1v) is 10.2. The number of nitrogens with zero attached hydrogens (tertiary/aromatic N) is 1. The van der Waals surface area contributed by atoms with E-state index >= 15 is 0 Å². The average Bonchev–Trinajstić information content (AvgIpc) is 3.07. The maximum absolute atomic E-state index is 13.5. The van der Waals surface area contributed by atoms with Gasteiger partial charge in [0.1, 0.15) is 5.58 Å². The van der Waals surface area contributed by atoms with Crippen LogP contribution in [-0.4, -0.2) is 5.91 Å². The summed E-state index contributed by atoms with van der Waals surface area (Å²) in [6.45, 7) is 2.09. The van der Waals surface area contributed by atoms with Gasteiger partial charge in [-0.2, -0.15) is 0 Å². The minimum Gasteiger partial charge on any atom is -0.450 e. The van der Waals surface area contributed by atoms with E-state index in [9.17, 15) is 9.59 Å². The monoisotopic (exact) mass is 415 g/mol. The van der Waals surface area contributed by atoms with Crippen LogP contribution in [0.15, 0.2) is 82.0 Å². The summed E-state index contributed by atoms with van der Waals surface area (Å²) in [4.78, 5) is 28.6. The van der Waals surface area contributed by atoms with Gasteiger partial charge in [-0.15, -0.1) is 0 Å². The predicted molar refractivity (Wildman–Crippen MR) is 118 cm³/mol. The fraction of sp³-hybridized carbons (Fsp3) is 0.120. The van der Waals surface area contributed by atoms with Crippen molar-refractivity contribution in [2.45, 2.75) is 19.4 Å². The second-order valence-corrected chi connectivity index (χ2v) is 7.76. The van der Waals surface area contributed by atoms with Crippen LogP contribution in [0.4, 0.5) is 5.69 Å². The predicted octanol–water partition coefficient (Wildman–Crippen LogP) is 5.76. The maximum Gasteiger partial charge on any atom is 0.295 e. The Bertz CT molecular complexity index is 1330. The Kier molecular flexibility index (Phi) is 4.44. The number of carbonyl (C=O) groups excluding carboxylic acids is 1. The van der Waals surface area contributed by atoms with Crippen molar-refractivity contribution in [1.82, 2.24) is 0 Å². The van der Waals surface area contributed by atoms with Gasteiger partial charge in [0.25, 0.3) is 5.91 Å². The first-order valence-electron chi connectivity index (χ1n) is 9.82. The molecule has 3 aromatic carbocycles. The smallest absolute Gasteiger partial charge is 0.295 e. The summed E-state index contributed by atoms with van der Waals surface area (Å²) in [5, 5.41) is 0.821. The Morgan fingerprint density at radius 3 is 2.40 bits per heavy atom. The zero-order valence-electron chi connectivity index (χ0n) is 16.3. The molecule has 1 atom stereocenters. The van der Waals surface area contributed by atoms with E-state index in [-0.39, 0.29) is 17.1 Å². The van der Waals surface area contributed by atoms with E-state index in [1.165, 1.54) is 5.56 Å². The first-order chi connectivity index (χ1) is 14.6. The standard InChI is InChI=1S/C25H18ClNO3/c1-2-15-8-10-16(11-9-15)22-21-23(28)19-14-17(26)12-13-20(19)30-24(21)25(29)27(22)18-6-4-3-5-7-18/h3-14,22H,2H2,1H3. The van der Waals surface area contributed by atoms with Crippen LogP contribution in [0.2, 0.25) is 5.02 Å². The lowest BCUT2D eigenvalue weighted by molar-refractivity contribution is 0.0971. The quantitative estimate of drug-likeness (QED) is 0.427. The summed E-state index contributed by atoms with van der Waals surface area (Å²) in [6, 6.07) is 21.7. The number of amides is 1. The Morgan fingerprint density at radius 1 is 0.967 bits per heavy atom. The third-order valence-corrected chi connectivity index (χ3v) is 5.81. The van der Waals surface area contributed by atoms with Crippen LogP contribution in [0.1, 0.15) is 40.2 Å². The number of halogens is 1. The molecule has 0 radical (unpaired) electrons. The molecule has 0 spiro atoms. The molecule has 0 saturated heterocycles. The topological polar surface area (TPSA) is 50.5 Å². The van der Waals surface area contributed by atoms with Crippen LogP contribution < -0.4 is 10.3 Å². The van der Waals surface area contributed by atoms with Gasteiger partial charge in [-0.1, -0.05) is 61.0 Å². The zero-order chi connectivity index (χ0) is 20.8. The zero-order valence-corrected chi connectivity index (χ0v) is 17.0. The number of aryl methyl sites for hydroxylation is 1. The summed E-state index contributed by atoms with van der Waals surface area (Å²) in [6.07, 6.45) is 0.911. The number of hydrogen-bond donors (Lipinski definition) is 0. The summed E-state index contributed by atoms with van der Waals surface area (Å²) >= 11 is 6.12. The Morgan fingerprint density at radius 2 is 1.70 bits per heavy atom. The molecule has 0 bridgehead atoms. The molecule has 0 fully saturated rings. The van der Waals surface area contributed by atoms with E-state index in [4.69, 9.17) is 16.0 Å². The van der Waals surface area contributed by atoms with Crippen molar-refractivity contribution in [2.75, 3.05) is 4.90 Å². The van der Waals surface area contributed by atoms with E-state index in [1.54, 1.807) is 23.1 Å². The van der Waals surface area contributed by atoms with Gasteiger partial charge in [-0.25, -0.2) is 0 Å². The molecular weight excluding hydrogens is 398 g/mol. The Labute approximate surface area is 178 Å². The fourth-order valence-corrected chi connectivity index (χ4v) is 4.22. The highest BCUT2D eigenvalue weighted by Crippen LogP contribution is 2.41. The van der Waals surface area contributed by atoms with Crippen molar-refractivity contribution in [1.29, 1.82) is 0 Å². The molecule has 0 aliphatic carbocycles. The van der Waals surface area contributed by atoms with Gasteiger partial charge < -0.3 is 4.42 Å². The molecular formula is C25H18ClNO3. The number of para-hydroxylation sites is 1. The van der Waals surface area contributed by atoms with E-state index in [2.05, 4.69) is 6.92 Å². The molecule has 2 heterocycles. The molecule has 5 heteroatoms. The van der Waals surface area contributed by atoms with Crippen LogP contribution in [0.5, 0.6) is 0 Å². The van der Waals surface area contributed by atoms with Crippen molar-refractivity contribution in [3.63, 3.8) is 0 Å². The van der Waals surface area contributed by atoms with Gasteiger partial charge >= 0.3 is 0 Å². The Hall–Kier alpha value is -3.37. The molecule has 0 N–H and O–H groups in total. The number of fused-ring (bicyclic) bond motifs is 2. The molecule has 148 valence electrons. The number of anilines is 1. The van der Waals surface area contributed by atoms with Crippen molar-refractivity contribution < 1.29 is 9.21 Å². The minimum atomic E-state index is -0.569. The van der Waals surface area contributed by atoms with E-state index in [1.807, 2.05) is 54.6 Å². The average molecular weight is 416 g/mol. The van der Waals surface area contributed by atoms with E-state index < -0.39 is 6.04 Å². The number of carbonyl (C=O) groups is 1. The summed E-state index contributed by atoms with van der Waals surface area (Å²) in [7, 11) is 0. The lowest BCUT2D eigenvalue weighted by Gasteiger charge is -2.25. The van der Waals surface area contributed by atoms with Crippen molar-refractivity contribution in [2.24, 2.45) is 0 Å². The van der Waals surface area contributed by atoms with Crippen LogP contribution in [0.3, 0.4) is 0 Å². The SMILES string of the molecule is CCc1ccc(C2c3c(oc4ccc(Cl)cc4c3=O)C(=O)N2c2ccccc2)cc1. The first kappa shape index (κ1) is 18.6. The Balaban J connectivity index is 1.80. The summed E-state index contributed by atoms with van der Waals surface area (Å²) in [5.74, 6) is -0.238. The van der Waals surface area contributed by atoms with Gasteiger partial charge in [0.2, 0.25) is 5.76 Å². The van der Waals surface area contributed by atoms with Gasteiger partial charge in [0.05, 0.1) is 17.0 Å². The third-order valence-electron chi connectivity index (χ3n) is 5.57. The third kappa shape index (κ3) is 2.84. The van der Waals surface area contributed by atoms with Crippen LogP contribution in [0, 0.1) is 0 Å². The highest BCUT2D eigenvalue weighted by molar-refractivity contribution is 6.31. The second-order valence-electron chi connectivity index (χ2n) is 7.32. The molecule has 1 aliphatic heterocycles. The van der Waals surface area contributed by atoms with Crippen molar-refractivity contribution >= 4 is 34.2 Å². The maximum atomic E-state index is 13.5. The molecule has 30 heavy (non-hydrogen) atoms. The molecule has 1 amide bonds. The number of rotatable bonds is 3. The molecule has 4 aromatic rings. The van der Waals surface area contributed by atoms with Crippen molar-refractivity contribution in [3.05, 3.63) is 110 Å². The highest BCUT2D eigenvalue weighted by atomic mass is 35.5. The number of benzene rings is 3. The lowest BCUT2D eigenvalue weighted by atomic mass is 9.97. The normalized spacial score (nSPS) is 15.6. The summed E-state index contributed by atoms with van der Waals surface area (Å²) < 4.78 is 5.95. The second kappa shape index (κ2) is 7.15. The molecule has 0 saturated carbocycles. The van der Waals surface area contributed by atoms with Gasteiger partial charge in [0, 0.05) is 10.7 Å². The van der Waals surface area contributed by atoms with Crippen LogP contribution in [-0.2, 0) is 6.42 Å². The highest BCUT2D eigenvalue weighted by Gasteiger charge is 2.43. The summed E-state index contributed by atoms with van der Waals surface area (Å²) in [5.41, 5.74) is 3.23. The van der Waals surface area contributed by atoms with E-state index in [0.29, 0.717) is 27.2 Å². The minimum absolute atomic E-state index is 0.0863. The van der Waals surface area contributed by atoms with Crippen molar-refractivity contribution in [3.8, 4) is 0 Å². The van der Waals surface area contributed by atoms with Gasteiger partial charge in [0.15, 0.2) is 5.43 Å². The van der Waals surface area contributed by atoms with E-state index in [0.717, 1.165) is 12.0 Å². The largest absolute Gasteiger partial charge is 0.450 e. The molecule has 5 rings (SSSR count). The molecule has 1 aliphatic rings. The molecule has 1 aromatic heterocycles. The number of hydrogen-bond acceptors (Lipinski definition) is 3. The molecule has 4 nitrogen and oxygen atoms in total. The van der Waals surface area contributed by atoms with Crippen LogP contribution >= 0.6 is 11.6 Å². The van der Waals surface area contributed by atoms with Crippen LogP contribution in [0.25, 0.3) is 11.0 Å². The lowest BCUT2D eigenvalue weighted by Crippen LogP contribution is -2.29. The van der Waals surface area contributed by atoms with Gasteiger partial charge in [-0.05, 0) is 47.9 Å². The molecule has 1 unspecified atom stereocenters. The van der Waals surface area contributed by atoms with Gasteiger partial charge in [-0.3, -0.25) is 14.5 Å². The fourth-order valence-electron chi connectivity index (χ4n) is 4.05.